The van der Waals surface area contributed by atoms with E-state index in [2.05, 4.69) is 49.4 Å². The molecule has 0 spiro atoms. The monoisotopic (exact) mass is 236 g/mol. The van der Waals surface area contributed by atoms with Gasteiger partial charge in [-0.1, -0.05) is 33.8 Å². The molecule has 2 heterocycles. The fraction of sp³-hybridized carbons (Fsp3) is 0.786. The molecule has 2 aliphatic rings. The van der Waals surface area contributed by atoms with Gasteiger partial charge in [0.05, 0.1) is 19.5 Å². The summed E-state index contributed by atoms with van der Waals surface area (Å²) in [5.74, 6) is 1.27. The Labute approximate surface area is 105 Å². The maximum atomic E-state index is 3.54. The molecule has 0 radical (unpaired) electrons. The summed E-state index contributed by atoms with van der Waals surface area (Å²) in [4.78, 5) is 3.50. The lowest BCUT2D eigenvalue weighted by Crippen LogP contribution is -2.83. The first-order chi connectivity index (χ1) is 7.86. The smallest absolute Gasteiger partial charge is 0.248 e. The largest absolute Gasteiger partial charge is 0.388 e. The van der Waals surface area contributed by atoms with E-state index in [0.29, 0.717) is 10.8 Å². The zero-order valence-electron chi connectivity index (χ0n) is 11.6. The summed E-state index contributed by atoms with van der Waals surface area (Å²) >= 11 is 0. The Hall–Kier alpha value is -0.990. The molecule has 96 valence electrons. The van der Waals surface area contributed by atoms with E-state index in [1.807, 2.05) is 0 Å². The van der Waals surface area contributed by atoms with Crippen LogP contribution in [0.2, 0.25) is 0 Å². The number of nitrogens with one attached hydrogen (secondary N) is 3. The van der Waals surface area contributed by atoms with Gasteiger partial charge in [-0.25, -0.2) is 0 Å². The van der Waals surface area contributed by atoms with E-state index >= 15 is 0 Å². The molecule has 3 nitrogen and oxygen atoms in total. The minimum Gasteiger partial charge on any atom is -0.388 e. The average Bonchev–Trinajstić information content (AvgIpc) is 2.24. The van der Waals surface area contributed by atoms with Crippen molar-refractivity contribution in [2.45, 2.75) is 40.5 Å². The molecule has 3 heteroatoms. The third-order valence-corrected chi connectivity index (χ3v) is 3.62. The Morgan fingerprint density at radius 3 is 2.35 bits per heavy atom. The minimum atomic E-state index is 0.361. The molecule has 0 fully saturated rings. The standard InChI is InChI=1S/C14H25N3/c1-13(2)6-5-11(15-8-13)7-12-16-9-14(3,4)10-17-12/h5,15H,6-10H2,1-4H3,(H,16,17)/p+1. The van der Waals surface area contributed by atoms with Crippen LogP contribution < -0.4 is 15.6 Å². The van der Waals surface area contributed by atoms with E-state index < -0.39 is 0 Å². The van der Waals surface area contributed by atoms with Crippen molar-refractivity contribution in [3.63, 3.8) is 0 Å². The van der Waals surface area contributed by atoms with Crippen LogP contribution in [0, 0.1) is 10.8 Å². The molecule has 0 unspecified atom stereocenters. The Bertz CT molecular complexity index is 316. The molecular weight excluding hydrogens is 210 g/mol. The lowest BCUT2D eigenvalue weighted by atomic mass is 9.86. The fourth-order valence-electron chi connectivity index (χ4n) is 2.16. The molecular formula is C14H26N3+. The summed E-state index contributed by atoms with van der Waals surface area (Å²) in [5.41, 5.74) is 2.13. The van der Waals surface area contributed by atoms with Crippen LogP contribution >= 0.6 is 0 Å². The highest BCUT2D eigenvalue weighted by Gasteiger charge is 2.28. The van der Waals surface area contributed by atoms with Crippen LogP contribution in [0.4, 0.5) is 0 Å². The maximum Gasteiger partial charge on any atom is 0.248 e. The maximum absolute atomic E-state index is 3.54. The number of rotatable bonds is 2. The zero-order valence-corrected chi connectivity index (χ0v) is 11.6. The van der Waals surface area contributed by atoms with E-state index in [9.17, 15) is 0 Å². The summed E-state index contributed by atoms with van der Waals surface area (Å²) in [6.45, 7) is 12.4. The topological polar surface area (TPSA) is 38.0 Å². The van der Waals surface area contributed by atoms with Gasteiger partial charge in [0, 0.05) is 17.7 Å². The van der Waals surface area contributed by atoms with Crippen molar-refractivity contribution in [2.75, 3.05) is 19.6 Å². The van der Waals surface area contributed by atoms with Crippen LogP contribution in [0.15, 0.2) is 11.8 Å². The summed E-state index contributed by atoms with van der Waals surface area (Å²) in [7, 11) is 0. The van der Waals surface area contributed by atoms with Crippen LogP contribution in [-0.2, 0) is 0 Å². The Morgan fingerprint density at radius 2 is 1.82 bits per heavy atom. The highest BCUT2D eigenvalue weighted by atomic mass is 15.0. The molecule has 0 aromatic rings. The molecule has 0 bridgehead atoms. The molecule has 0 amide bonds. The van der Waals surface area contributed by atoms with Gasteiger partial charge in [-0.3, -0.25) is 10.3 Å². The molecule has 3 N–H and O–H groups in total. The van der Waals surface area contributed by atoms with Crippen LogP contribution in [0.3, 0.4) is 0 Å². The second kappa shape index (κ2) is 4.35. The molecule has 17 heavy (non-hydrogen) atoms. The second-order valence-corrected chi connectivity index (χ2v) is 6.98. The Balaban J connectivity index is 1.91. The van der Waals surface area contributed by atoms with Crippen LogP contribution in [0.25, 0.3) is 0 Å². The van der Waals surface area contributed by atoms with Crippen molar-refractivity contribution in [1.29, 1.82) is 0 Å². The molecule has 0 saturated carbocycles. The molecule has 0 aromatic carbocycles. The van der Waals surface area contributed by atoms with Gasteiger partial charge in [0.2, 0.25) is 5.84 Å². The van der Waals surface area contributed by atoms with Gasteiger partial charge < -0.3 is 5.32 Å². The number of hydrogen-bond donors (Lipinski definition) is 3. The van der Waals surface area contributed by atoms with E-state index in [0.717, 1.165) is 26.1 Å². The lowest BCUT2D eigenvalue weighted by molar-refractivity contribution is -0.483. The van der Waals surface area contributed by atoms with Gasteiger partial charge in [0.15, 0.2) is 0 Å². The predicted octanol–water partition coefficient (Wildman–Crippen LogP) is 0.388. The molecule has 0 aliphatic carbocycles. The Morgan fingerprint density at radius 1 is 1.12 bits per heavy atom. The average molecular weight is 236 g/mol. The number of amidine groups is 1. The first-order valence-electron chi connectivity index (χ1n) is 6.63. The lowest BCUT2D eigenvalue weighted by Gasteiger charge is -2.30. The van der Waals surface area contributed by atoms with E-state index in [4.69, 9.17) is 0 Å². The highest BCUT2D eigenvalue weighted by molar-refractivity contribution is 5.79. The van der Waals surface area contributed by atoms with Crippen molar-refractivity contribution in [1.82, 2.24) is 10.6 Å². The van der Waals surface area contributed by atoms with Gasteiger partial charge in [0.25, 0.3) is 0 Å². The molecule has 0 aromatic heterocycles. The van der Waals surface area contributed by atoms with Gasteiger partial charge in [-0.15, -0.1) is 0 Å². The van der Waals surface area contributed by atoms with Gasteiger partial charge in [0.1, 0.15) is 0 Å². The predicted molar refractivity (Wildman–Crippen MR) is 71.7 cm³/mol. The summed E-state index contributed by atoms with van der Waals surface area (Å²) in [6.07, 6.45) is 4.51. The van der Waals surface area contributed by atoms with Crippen LogP contribution in [0.1, 0.15) is 40.5 Å². The number of allylic oxidation sites excluding steroid dienone is 1. The first kappa shape index (κ1) is 12.5. The van der Waals surface area contributed by atoms with Crippen LogP contribution in [0.5, 0.6) is 0 Å². The minimum absolute atomic E-state index is 0.361. The van der Waals surface area contributed by atoms with Crippen molar-refractivity contribution in [2.24, 2.45) is 10.8 Å². The third-order valence-electron chi connectivity index (χ3n) is 3.62. The molecule has 2 aliphatic heterocycles. The fourth-order valence-corrected chi connectivity index (χ4v) is 2.16. The summed E-state index contributed by atoms with van der Waals surface area (Å²) < 4.78 is 0. The number of hydrogen-bond acceptors (Lipinski definition) is 2. The van der Waals surface area contributed by atoms with Crippen molar-refractivity contribution >= 4 is 5.84 Å². The third kappa shape index (κ3) is 3.48. The van der Waals surface area contributed by atoms with Crippen LogP contribution in [-0.4, -0.2) is 25.5 Å². The van der Waals surface area contributed by atoms with E-state index in [-0.39, 0.29) is 0 Å². The van der Waals surface area contributed by atoms with Gasteiger partial charge in [-0.05, 0) is 11.8 Å². The molecule has 0 atom stereocenters. The highest BCUT2D eigenvalue weighted by Crippen LogP contribution is 2.25. The zero-order chi connectivity index (χ0) is 12.5. The molecule has 2 rings (SSSR count). The van der Waals surface area contributed by atoms with Crippen molar-refractivity contribution in [3.05, 3.63) is 11.8 Å². The van der Waals surface area contributed by atoms with Gasteiger partial charge in [-0.2, -0.15) is 0 Å². The Kier molecular flexibility index (Phi) is 3.19. The van der Waals surface area contributed by atoms with Gasteiger partial charge >= 0.3 is 0 Å². The first-order valence-corrected chi connectivity index (χ1v) is 6.63. The van der Waals surface area contributed by atoms with Crippen molar-refractivity contribution in [3.8, 4) is 0 Å². The summed E-state index contributed by atoms with van der Waals surface area (Å²) in [5, 5.41) is 7.04. The normalized spacial score (nSPS) is 26.4. The molecule has 0 saturated heterocycles. The SMILES string of the molecule is CC1(C)CC=C(CC2=[NH+]CC(C)(C)CN2)NC1. The van der Waals surface area contributed by atoms with Crippen molar-refractivity contribution < 1.29 is 4.99 Å². The summed E-state index contributed by atoms with van der Waals surface area (Å²) in [6, 6.07) is 0. The second-order valence-electron chi connectivity index (χ2n) is 6.98. The van der Waals surface area contributed by atoms with E-state index in [1.165, 1.54) is 18.0 Å². The van der Waals surface area contributed by atoms with E-state index in [1.54, 1.807) is 0 Å². The quantitative estimate of drug-likeness (QED) is 0.649.